The lowest BCUT2D eigenvalue weighted by atomic mass is 10.1. The van der Waals surface area contributed by atoms with E-state index in [1.807, 2.05) is 0 Å². The number of benzene rings is 2. The number of aliphatic carboxylic acids is 1. The van der Waals surface area contributed by atoms with Crippen molar-refractivity contribution in [2.24, 2.45) is 5.92 Å². The van der Waals surface area contributed by atoms with Gasteiger partial charge in [0.1, 0.15) is 5.70 Å². The number of hydrogen-bond acceptors (Lipinski definition) is 6. The van der Waals surface area contributed by atoms with E-state index in [1.165, 1.54) is 17.8 Å². The molecule has 3 rings (SSSR count). The van der Waals surface area contributed by atoms with Crippen LogP contribution in [0.25, 0.3) is 6.08 Å². The van der Waals surface area contributed by atoms with Gasteiger partial charge in [0.2, 0.25) is 6.79 Å². The molecular formula is C22H22N2O6S. The quantitative estimate of drug-likeness (QED) is 0.511. The third kappa shape index (κ3) is 6.02. The van der Waals surface area contributed by atoms with Crippen LogP contribution in [0.4, 0.5) is 0 Å². The van der Waals surface area contributed by atoms with Crippen molar-refractivity contribution in [1.29, 1.82) is 0 Å². The van der Waals surface area contributed by atoms with Gasteiger partial charge in [-0.25, -0.2) is 0 Å². The highest BCUT2D eigenvalue weighted by molar-refractivity contribution is 7.98. The third-order valence-corrected chi connectivity index (χ3v) is 5.20. The van der Waals surface area contributed by atoms with Crippen LogP contribution in [0.3, 0.4) is 0 Å². The molecule has 0 aliphatic carbocycles. The molecule has 1 heterocycles. The van der Waals surface area contributed by atoms with Gasteiger partial charge in [0.05, 0.1) is 5.92 Å². The number of fused-ring (bicyclic) bond motifs is 1. The molecule has 2 amide bonds. The van der Waals surface area contributed by atoms with Gasteiger partial charge in [-0.05, 0) is 42.2 Å². The molecule has 0 radical (unpaired) electrons. The number of carbonyl (C=O) groups excluding carboxylic acids is 2. The van der Waals surface area contributed by atoms with Crippen molar-refractivity contribution in [2.45, 2.75) is 0 Å². The van der Waals surface area contributed by atoms with Gasteiger partial charge in [-0.1, -0.05) is 24.3 Å². The lowest BCUT2D eigenvalue weighted by molar-refractivity contribution is -0.140. The van der Waals surface area contributed by atoms with Crippen molar-refractivity contribution in [2.75, 3.05) is 25.3 Å². The Kier molecular flexibility index (Phi) is 7.55. The Morgan fingerprint density at radius 3 is 2.58 bits per heavy atom. The summed E-state index contributed by atoms with van der Waals surface area (Å²) >= 11 is 1.38. The summed E-state index contributed by atoms with van der Waals surface area (Å²) in [6, 6.07) is 13.6. The van der Waals surface area contributed by atoms with E-state index in [-0.39, 0.29) is 19.0 Å². The molecule has 2 aromatic rings. The van der Waals surface area contributed by atoms with E-state index >= 15 is 0 Å². The molecule has 1 unspecified atom stereocenters. The maximum atomic E-state index is 12.8. The second-order valence-electron chi connectivity index (χ2n) is 6.69. The molecular weight excluding hydrogens is 420 g/mol. The highest BCUT2D eigenvalue weighted by Gasteiger charge is 2.21. The Labute approximate surface area is 183 Å². The van der Waals surface area contributed by atoms with Crippen LogP contribution in [0.15, 0.2) is 54.2 Å². The Morgan fingerprint density at radius 2 is 1.87 bits per heavy atom. The van der Waals surface area contributed by atoms with Crippen LogP contribution >= 0.6 is 11.8 Å². The van der Waals surface area contributed by atoms with Crippen LogP contribution < -0.4 is 20.1 Å². The molecule has 0 aromatic heterocycles. The fourth-order valence-electron chi connectivity index (χ4n) is 2.84. The Bertz CT molecular complexity index is 993. The van der Waals surface area contributed by atoms with Crippen LogP contribution in [0, 0.1) is 5.92 Å². The first-order valence-electron chi connectivity index (χ1n) is 9.45. The Balaban J connectivity index is 1.82. The van der Waals surface area contributed by atoms with Gasteiger partial charge in [-0.15, -0.1) is 0 Å². The molecule has 1 aliphatic rings. The number of carboxylic acid groups (broad SMARTS) is 1. The average Bonchev–Trinajstić information content (AvgIpc) is 3.24. The molecule has 8 nitrogen and oxygen atoms in total. The zero-order chi connectivity index (χ0) is 22.2. The van der Waals surface area contributed by atoms with Crippen LogP contribution in [-0.2, 0) is 9.59 Å². The molecule has 0 saturated carbocycles. The molecule has 3 N–H and O–H groups in total. The van der Waals surface area contributed by atoms with Crippen molar-refractivity contribution < 1.29 is 29.0 Å². The fraction of sp³-hybridized carbons (Fsp3) is 0.227. The smallest absolute Gasteiger partial charge is 0.309 e. The largest absolute Gasteiger partial charge is 0.481 e. The van der Waals surface area contributed by atoms with E-state index < -0.39 is 23.7 Å². The molecule has 162 valence electrons. The van der Waals surface area contributed by atoms with Gasteiger partial charge in [0, 0.05) is 17.9 Å². The summed E-state index contributed by atoms with van der Waals surface area (Å²) in [5.41, 5.74) is 0.986. The van der Waals surface area contributed by atoms with Gasteiger partial charge in [0.15, 0.2) is 11.5 Å². The van der Waals surface area contributed by atoms with Gasteiger partial charge >= 0.3 is 5.97 Å². The molecule has 0 bridgehead atoms. The van der Waals surface area contributed by atoms with E-state index in [0.717, 1.165) is 0 Å². The number of thioether (sulfide) groups is 1. The Hall–Kier alpha value is -3.46. The number of carbonyl (C=O) groups is 3. The predicted molar refractivity (Wildman–Crippen MR) is 117 cm³/mol. The standard InChI is InChI=1S/C22H22N2O6S/c1-31-12-16(22(27)28)11-23-21(26)17(24-20(25)15-5-3-2-4-6-15)9-14-7-8-18-19(10-14)30-13-29-18/h2-10,16H,11-13H2,1H3,(H,23,26)(H,24,25)(H,27,28)/b17-9+. The number of nitrogens with one attached hydrogen (secondary N) is 2. The molecule has 2 aromatic carbocycles. The number of hydrogen-bond donors (Lipinski definition) is 3. The molecule has 1 atom stereocenters. The molecule has 0 fully saturated rings. The second-order valence-corrected chi connectivity index (χ2v) is 7.60. The summed E-state index contributed by atoms with van der Waals surface area (Å²) in [6.07, 6.45) is 3.30. The molecule has 31 heavy (non-hydrogen) atoms. The fourth-order valence-corrected chi connectivity index (χ4v) is 3.50. The lowest BCUT2D eigenvalue weighted by Crippen LogP contribution is -2.39. The maximum absolute atomic E-state index is 12.8. The first-order valence-corrected chi connectivity index (χ1v) is 10.8. The minimum absolute atomic E-state index is 0.0130. The third-order valence-electron chi connectivity index (χ3n) is 4.46. The van der Waals surface area contributed by atoms with E-state index in [2.05, 4.69) is 10.6 Å². The van der Waals surface area contributed by atoms with E-state index in [9.17, 15) is 19.5 Å². The van der Waals surface area contributed by atoms with Crippen molar-refractivity contribution in [3.8, 4) is 11.5 Å². The van der Waals surface area contributed by atoms with Crippen molar-refractivity contribution in [3.05, 3.63) is 65.4 Å². The topological polar surface area (TPSA) is 114 Å². The highest BCUT2D eigenvalue weighted by Crippen LogP contribution is 2.33. The average molecular weight is 442 g/mol. The lowest BCUT2D eigenvalue weighted by Gasteiger charge is -2.14. The summed E-state index contributed by atoms with van der Waals surface area (Å²) in [5, 5.41) is 14.5. The zero-order valence-corrected chi connectivity index (χ0v) is 17.6. The van der Waals surface area contributed by atoms with E-state index in [1.54, 1.807) is 54.8 Å². The second kappa shape index (κ2) is 10.5. The summed E-state index contributed by atoms with van der Waals surface area (Å²) in [4.78, 5) is 36.8. The minimum Gasteiger partial charge on any atom is -0.481 e. The monoisotopic (exact) mass is 442 g/mol. The van der Waals surface area contributed by atoms with Crippen LogP contribution in [0.2, 0.25) is 0 Å². The summed E-state index contributed by atoms with van der Waals surface area (Å²) in [5.74, 6) is -1.30. The number of carboxylic acids is 1. The van der Waals surface area contributed by atoms with Gasteiger partial charge in [-0.3, -0.25) is 14.4 Å². The Morgan fingerprint density at radius 1 is 1.13 bits per heavy atom. The number of rotatable bonds is 9. The van der Waals surface area contributed by atoms with Crippen LogP contribution in [-0.4, -0.2) is 48.2 Å². The highest BCUT2D eigenvalue weighted by atomic mass is 32.2. The van der Waals surface area contributed by atoms with Gasteiger partial charge in [-0.2, -0.15) is 11.8 Å². The number of ether oxygens (including phenoxy) is 2. The van der Waals surface area contributed by atoms with Gasteiger partial charge < -0.3 is 25.2 Å². The molecule has 1 aliphatic heterocycles. The van der Waals surface area contributed by atoms with Crippen LogP contribution in [0.5, 0.6) is 11.5 Å². The first-order chi connectivity index (χ1) is 15.0. The SMILES string of the molecule is CSCC(CNC(=O)/C(=C\c1ccc2c(c1)OCO2)NC(=O)c1ccccc1)C(=O)O. The zero-order valence-electron chi connectivity index (χ0n) is 16.8. The summed E-state index contributed by atoms with van der Waals surface area (Å²) in [6.45, 7) is 0.0568. The van der Waals surface area contributed by atoms with Crippen molar-refractivity contribution in [1.82, 2.24) is 10.6 Å². The van der Waals surface area contributed by atoms with E-state index in [4.69, 9.17) is 9.47 Å². The maximum Gasteiger partial charge on any atom is 0.309 e. The van der Waals surface area contributed by atoms with E-state index in [0.29, 0.717) is 28.4 Å². The van der Waals surface area contributed by atoms with Gasteiger partial charge in [0.25, 0.3) is 11.8 Å². The first kappa shape index (κ1) is 22.2. The van der Waals surface area contributed by atoms with Crippen molar-refractivity contribution in [3.63, 3.8) is 0 Å². The normalized spacial score (nSPS) is 13.4. The molecule has 0 spiro atoms. The van der Waals surface area contributed by atoms with Crippen LogP contribution in [0.1, 0.15) is 15.9 Å². The summed E-state index contributed by atoms with van der Waals surface area (Å²) < 4.78 is 10.6. The van der Waals surface area contributed by atoms with Crippen molar-refractivity contribution >= 4 is 35.6 Å². The minimum atomic E-state index is -0.996. The summed E-state index contributed by atoms with van der Waals surface area (Å²) in [7, 11) is 0. The molecule has 9 heteroatoms. The predicted octanol–water partition coefficient (Wildman–Crippen LogP) is 2.37. The molecule has 0 saturated heterocycles. The number of amides is 2.